The topological polar surface area (TPSA) is 70.2 Å². The van der Waals surface area contributed by atoms with Gasteiger partial charge < -0.3 is 4.98 Å². The standard InChI is InChI=1S/C8H9N3.C8H8N2/c1-5-3-6(2)10-7-4-9-11-8(5)7;1-6-2-4-9-8-7(6)3-5-10-8/h3-4H,1-2H3,(H,9,11);2-5H,1H3,(H,9,10). The minimum atomic E-state index is 0.947. The lowest BCUT2D eigenvalue weighted by molar-refractivity contribution is 1.11. The van der Waals surface area contributed by atoms with Crippen LogP contribution in [0.2, 0.25) is 0 Å². The van der Waals surface area contributed by atoms with Gasteiger partial charge >= 0.3 is 0 Å². The van der Waals surface area contributed by atoms with Crippen LogP contribution in [0.25, 0.3) is 22.1 Å². The van der Waals surface area contributed by atoms with Crippen LogP contribution in [0.15, 0.2) is 36.8 Å². The van der Waals surface area contributed by atoms with Crippen molar-refractivity contribution in [3.63, 3.8) is 0 Å². The van der Waals surface area contributed by atoms with Gasteiger partial charge in [-0.25, -0.2) is 9.97 Å². The van der Waals surface area contributed by atoms with Crippen molar-refractivity contribution < 1.29 is 0 Å². The zero-order valence-electron chi connectivity index (χ0n) is 12.3. The van der Waals surface area contributed by atoms with E-state index in [0.29, 0.717) is 0 Å². The Balaban J connectivity index is 0.000000126. The lowest BCUT2D eigenvalue weighted by Gasteiger charge is -1.95. The Morgan fingerprint density at radius 1 is 1.05 bits per heavy atom. The van der Waals surface area contributed by atoms with Crippen LogP contribution < -0.4 is 0 Å². The zero-order chi connectivity index (χ0) is 14.8. The summed E-state index contributed by atoms with van der Waals surface area (Å²) in [7, 11) is 0. The summed E-state index contributed by atoms with van der Waals surface area (Å²) in [5.41, 5.74) is 6.46. The first kappa shape index (κ1) is 13.3. The van der Waals surface area contributed by atoms with E-state index in [1.807, 2.05) is 37.5 Å². The monoisotopic (exact) mass is 279 g/mol. The number of pyridine rings is 2. The van der Waals surface area contributed by atoms with E-state index >= 15 is 0 Å². The fraction of sp³-hybridized carbons (Fsp3) is 0.188. The Bertz CT molecular complexity index is 888. The molecule has 0 bridgehead atoms. The molecule has 0 aliphatic rings. The molecule has 4 aromatic heterocycles. The second-order valence-electron chi connectivity index (χ2n) is 5.08. The highest BCUT2D eigenvalue weighted by Crippen LogP contribution is 2.13. The van der Waals surface area contributed by atoms with Gasteiger partial charge in [0.2, 0.25) is 0 Å². The summed E-state index contributed by atoms with van der Waals surface area (Å²) in [6.07, 6.45) is 5.47. The maximum absolute atomic E-state index is 4.30. The zero-order valence-corrected chi connectivity index (χ0v) is 12.3. The summed E-state index contributed by atoms with van der Waals surface area (Å²) < 4.78 is 0. The van der Waals surface area contributed by atoms with E-state index in [1.165, 1.54) is 16.5 Å². The molecule has 0 aliphatic carbocycles. The van der Waals surface area contributed by atoms with Crippen molar-refractivity contribution in [1.82, 2.24) is 25.1 Å². The molecule has 0 aliphatic heterocycles. The van der Waals surface area contributed by atoms with Gasteiger partial charge in [-0.2, -0.15) is 5.10 Å². The van der Waals surface area contributed by atoms with E-state index < -0.39 is 0 Å². The average Bonchev–Trinajstić information content (AvgIpc) is 3.08. The first-order valence-corrected chi connectivity index (χ1v) is 6.81. The van der Waals surface area contributed by atoms with Crippen molar-refractivity contribution >= 4 is 22.1 Å². The van der Waals surface area contributed by atoms with Gasteiger partial charge in [0.05, 0.1) is 11.7 Å². The summed E-state index contributed by atoms with van der Waals surface area (Å²) in [5.74, 6) is 0. The highest BCUT2D eigenvalue weighted by molar-refractivity contribution is 5.78. The van der Waals surface area contributed by atoms with Gasteiger partial charge in [0.15, 0.2) is 0 Å². The highest BCUT2D eigenvalue weighted by Gasteiger charge is 2.00. The second-order valence-corrected chi connectivity index (χ2v) is 5.08. The van der Waals surface area contributed by atoms with E-state index in [9.17, 15) is 0 Å². The summed E-state index contributed by atoms with van der Waals surface area (Å²) in [4.78, 5) is 11.5. The summed E-state index contributed by atoms with van der Waals surface area (Å²) in [5, 5.41) is 8.03. The van der Waals surface area contributed by atoms with Gasteiger partial charge in [-0.3, -0.25) is 5.10 Å². The van der Waals surface area contributed by atoms with Gasteiger partial charge in [0.1, 0.15) is 11.2 Å². The molecule has 21 heavy (non-hydrogen) atoms. The van der Waals surface area contributed by atoms with Crippen LogP contribution in [0.5, 0.6) is 0 Å². The van der Waals surface area contributed by atoms with E-state index in [4.69, 9.17) is 0 Å². The van der Waals surface area contributed by atoms with Gasteiger partial charge in [0.25, 0.3) is 0 Å². The smallest absolute Gasteiger partial charge is 0.137 e. The fourth-order valence-electron chi connectivity index (χ4n) is 2.36. The molecule has 5 nitrogen and oxygen atoms in total. The number of nitrogens with zero attached hydrogens (tertiary/aromatic N) is 3. The molecule has 4 aromatic rings. The van der Waals surface area contributed by atoms with Crippen molar-refractivity contribution in [2.45, 2.75) is 20.8 Å². The maximum Gasteiger partial charge on any atom is 0.137 e. The van der Waals surface area contributed by atoms with Crippen LogP contribution in [-0.4, -0.2) is 25.1 Å². The maximum atomic E-state index is 4.30. The SMILES string of the molecule is Cc1cc(C)c2[nH]ncc2n1.Cc1ccnc2[nH]ccc12. The van der Waals surface area contributed by atoms with E-state index in [0.717, 1.165) is 22.4 Å². The van der Waals surface area contributed by atoms with Crippen molar-refractivity contribution in [2.75, 3.05) is 0 Å². The van der Waals surface area contributed by atoms with E-state index in [2.05, 4.69) is 39.0 Å². The molecule has 0 unspecified atom stereocenters. The van der Waals surface area contributed by atoms with Crippen molar-refractivity contribution in [1.29, 1.82) is 0 Å². The number of hydrogen-bond acceptors (Lipinski definition) is 3. The Morgan fingerprint density at radius 2 is 1.90 bits per heavy atom. The molecule has 0 atom stereocenters. The summed E-state index contributed by atoms with van der Waals surface area (Å²) in [6, 6.07) is 6.09. The summed E-state index contributed by atoms with van der Waals surface area (Å²) >= 11 is 0. The molecule has 4 heterocycles. The third kappa shape index (κ3) is 2.63. The number of nitrogens with one attached hydrogen (secondary N) is 2. The minimum absolute atomic E-state index is 0.947. The highest BCUT2D eigenvalue weighted by atomic mass is 15.1. The van der Waals surface area contributed by atoms with E-state index in [-0.39, 0.29) is 0 Å². The van der Waals surface area contributed by atoms with Crippen LogP contribution in [-0.2, 0) is 0 Å². The number of aromatic nitrogens is 5. The Hall–Kier alpha value is -2.69. The quantitative estimate of drug-likeness (QED) is 0.518. The molecule has 0 saturated heterocycles. The third-order valence-corrected chi connectivity index (χ3v) is 3.41. The van der Waals surface area contributed by atoms with Gasteiger partial charge in [0, 0.05) is 23.5 Å². The second kappa shape index (κ2) is 5.36. The molecular formula is C16H17N5. The lowest BCUT2D eigenvalue weighted by atomic mass is 10.2. The van der Waals surface area contributed by atoms with Crippen LogP contribution >= 0.6 is 0 Å². The van der Waals surface area contributed by atoms with Crippen LogP contribution in [0, 0.1) is 20.8 Å². The van der Waals surface area contributed by atoms with Gasteiger partial charge in [-0.1, -0.05) is 0 Å². The fourth-order valence-corrected chi connectivity index (χ4v) is 2.36. The van der Waals surface area contributed by atoms with Gasteiger partial charge in [-0.05, 0) is 50.1 Å². The predicted octanol–water partition coefficient (Wildman–Crippen LogP) is 3.45. The van der Waals surface area contributed by atoms with Crippen LogP contribution in [0.3, 0.4) is 0 Å². The number of H-pyrrole nitrogens is 2. The molecule has 2 N–H and O–H groups in total. The molecule has 4 rings (SSSR count). The minimum Gasteiger partial charge on any atom is -0.346 e. The van der Waals surface area contributed by atoms with Crippen LogP contribution in [0.4, 0.5) is 0 Å². The number of hydrogen-bond donors (Lipinski definition) is 2. The van der Waals surface area contributed by atoms with Crippen molar-refractivity contribution in [3.05, 3.63) is 53.6 Å². The number of rotatable bonds is 0. The molecule has 0 saturated carbocycles. The van der Waals surface area contributed by atoms with Crippen molar-refractivity contribution in [3.8, 4) is 0 Å². The Kier molecular flexibility index (Phi) is 3.39. The Morgan fingerprint density at radius 3 is 2.71 bits per heavy atom. The molecule has 5 heteroatoms. The predicted molar refractivity (Wildman–Crippen MR) is 84.2 cm³/mol. The first-order valence-electron chi connectivity index (χ1n) is 6.81. The largest absolute Gasteiger partial charge is 0.346 e. The van der Waals surface area contributed by atoms with Gasteiger partial charge in [-0.15, -0.1) is 0 Å². The summed E-state index contributed by atoms with van der Waals surface area (Å²) in [6.45, 7) is 6.12. The average molecular weight is 279 g/mol. The molecule has 0 spiro atoms. The molecule has 0 fully saturated rings. The number of fused-ring (bicyclic) bond motifs is 2. The molecule has 0 amide bonds. The molecular weight excluding hydrogens is 262 g/mol. The molecule has 0 radical (unpaired) electrons. The third-order valence-electron chi connectivity index (χ3n) is 3.41. The number of aryl methyl sites for hydroxylation is 3. The number of aromatic amines is 2. The lowest BCUT2D eigenvalue weighted by Crippen LogP contribution is -1.84. The molecule has 0 aromatic carbocycles. The Labute approximate surface area is 122 Å². The van der Waals surface area contributed by atoms with Crippen LogP contribution in [0.1, 0.15) is 16.8 Å². The first-order chi connectivity index (χ1) is 10.1. The normalized spacial score (nSPS) is 10.6. The van der Waals surface area contributed by atoms with E-state index in [1.54, 1.807) is 6.20 Å². The molecule has 106 valence electrons. The van der Waals surface area contributed by atoms with Crippen molar-refractivity contribution in [2.24, 2.45) is 0 Å².